The zero-order valence-corrected chi connectivity index (χ0v) is 25.9. The summed E-state index contributed by atoms with van der Waals surface area (Å²) in [4.78, 5) is 55.4. The number of amides is 1. The van der Waals surface area contributed by atoms with Crippen LogP contribution in [0.25, 0.3) is 5.76 Å². The highest BCUT2D eigenvalue weighted by molar-refractivity contribution is 6.30. The van der Waals surface area contributed by atoms with Gasteiger partial charge in [0, 0.05) is 36.3 Å². The zero-order valence-electron chi connectivity index (χ0n) is 25.1. The fourth-order valence-electron chi connectivity index (χ4n) is 6.86. The molecule has 0 aliphatic heterocycles. The van der Waals surface area contributed by atoms with Crippen LogP contribution in [0.15, 0.2) is 47.2 Å². The van der Waals surface area contributed by atoms with Gasteiger partial charge in [0.05, 0.1) is 18.0 Å². The molecule has 1 amide bonds. The van der Waals surface area contributed by atoms with Gasteiger partial charge in [-0.05, 0) is 80.7 Å². The third-order valence-electron chi connectivity index (χ3n) is 8.90. The van der Waals surface area contributed by atoms with Crippen LogP contribution in [0.4, 0.5) is 5.69 Å². The summed E-state index contributed by atoms with van der Waals surface area (Å²) in [5.74, 6) is -7.46. The molecule has 2 aromatic carbocycles. The number of benzene rings is 2. The van der Waals surface area contributed by atoms with Crippen molar-refractivity contribution in [2.45, 2.75) is 37.3 Å². The number of anilines is 1. The van der Waals surface area contributed by atoms with Crippen molar-refractivity contribution >= 4 is 46.5 Å². The molecule has 0 radical (unpaired) electrons. The Morgan fingerprint density at radius 1 is 1.09 bits per heavy atom. The molecule has 4 atom stereocenters. The first-order valence-electron chi connectivity index (χ1n) is 14.3. The fraction of sp³-hybridized carbons (Fsp3) is 0.375. The van der Waals surface area contributed by atoms with Crippen molar-refractivity contribution < 1.29 is 44.3 Å². The molecule has 6 N–H and O–H groups in total. The number of ether oxygens (including phenoxy) is 1. The number of nitrogens with zero attached hydrogens (tertiary/aromatic N) is 2. The number of phenolic OH excluding ortho intramolecular Hbond substituents is 1. The Hall–Kier alpha value is -4.39. The first-order valence-corrected chi connectivity index (χ1v) is 14.6. The topological polar surface area (TPSA) is 191 Å². The van der Waals surface area contributed by atoms with Crippen molar-refractivity contribution in [2.75, 3.05) is 33.1 Å². The molecule has 238 valence electrons. The van der Waals surface area contributed by atoms with Crippen LogP contribution in [0.2, 0.25) is 5.02 Å². The number of aryl methyl sites for hydroxylation is 1. The highest BCUT2D eigenvalue weighted by Crippen LogP contribution is 2.54. The summed E-state index contributed by atoms with van der Waals surface area (Å²) in [5.41, 5.74) is 2.93. The van der Waals surface area contributed by atoms with E-state index in [4.69, 9.17) is 22.1 Å². The van der Waals surface area contributed by atoms with Gasteiger partial charge < -0.3 is 35.8 Å². The second kappa shape index (κ2) is 11.5. The third-order valence-corrected chi connectivity index (χ3v) is 9.15. The lowest BCUT2D eigenvalue weighted by Gasteiger charge is -2.50. The molecule has 2 aromatic rings. The highest BCUT2D eigenvalue weighted by Gasteiger charge is 2.64. The van der Waals surface area contributed by atoms with E-state index >= 15 is 0 Å². The van der Waals surface area contributed by atoms with Crippen LogP contribution in [0.3, 0.4) is 0 Å². The van der Waals surface area contributed by atoms with E-state index < -0.39 is 64.0 Å². The molecular weight excluding hydrogens is 606 g/mol. The van der Waals surface area contributed by atoms with Crippen molar-refractivity contribution in [1.82, 2.24) is 4.90 Å². The third kappa shape index (κ3) is 5.12. The lowest BCUT2D eigenvalue weighted by Crippen LogP contribution is -2.65. The number of nitrogens with two attached hydrogens (primary N) is 1. The molecule has 1 saturated carbocycles. The molecule has 0 aromatic heterocycles. The van der Waals surface area contributed by atoms with Crippen LogP contribution < -0.4 is 15.4 Å². The van der Waals surface area contributed by atoms with Crippen molar-refractivity contribution in [3.05, 3.63) is 69.0 Å². The zero-order chi connectivity index (χ0) is 33.1. The minimum absolute atomic E-state index is 0.0162. The number of ketones is 2. The molecule has 5 rings (SSSR count). The van der Waals surface area contributed by atoms with E-state index in [1.54, 1.807) is 63.4 Å². The number of primary amides is 1. The first-order chi connectivity index (χ1) is 21.1. The summed E-state index contributed by atoms with van der Waals surface area (Å²) in [5, 5.41) is 46.4. The molecule has 0 bridgehead atoms. The van der Waals surface area contributed by atoms with Gasteiger partial charge in [0.15, 0.2) is 11.4 Å². The number of aliphatic hydroxyl groups is 3. The van der Waals surface area contributed by atoms with Gasteiger partial charge in [0.25, 0.3) is 5.91 Å². The maximum absolute atomic E-state index is 14.1. The van der Waals surface area contributed by atoms with Crippen molar-refractivity contribution in [1.29, 1.82) is 0 Å². The molecule has 3 aliphatic carbocycles. The Bertz CT molecular complexity index is 1700. The number of hydrogen-bond acceptors (Lipinski definition) is 11. The number of fused-ring (bicyclic) bond motifs is 3. The number of carbonyl (C=O) groups is 4. The summed E-state index contributed by atoms with van der Waals surface area (Å²) >= 11 is 5.88. The largest absolute Gasteiger partial charge is 0.508 e. The number of hydrogen-bond donors (Lipinski definition) is 5. The number of Topliss-reactive ketones (excluding diaryl/α,β-unsaturated/α-hetero) is 2. The quantitative estimate of drug-likeness (QED) is 0.170. The van der Waals surface area contributed by atoms with Gasteiger partial charge in [-0.2, -0.15) is 0 Å². The van der Waals surface area contributed by atoms with Crippen LogP contribution in [0.1, 0.15) is 29.5 Å². The highest BCUT2D eigenvalue weighted by atomic mass is 35.5. The summed E-state index contributed by atoms with van der Waals surface area (Å²) in [6, 6.07) is 6.77. The van der Waals surface area contributed by atoms with E-state index in [1.165, 1.54) is 4.90 Å². The van der Waals surface area contributed by atoms with Crippen LogP contribution in [0.5, 0.6) is 11.5 Å². The van der Waals surface area contributed by atoms with E-state index in [0.717, 1.165) is 0 Å². The molecular formula is C32H34ClN3O9. The Morgan fingerprint density at radius 3 is 2.31 bits per heavy atom. The van der Waals surface area contributed by atoms with Gasteiger partial charge in [-0.25, -0.2) is 0 Å². The molecule has 0 heterocycles. The van der Waals surface area contributed by atoms with Gasteiger partial charge >= 0.3 is 5.97 Å². The summed E-state index contributed by atoms with van der Waals surface area (Å²) < 4.78 is 5.35. The molecule has 45 heavy (non-hydrogen) atoms. The lowest BCUT2D eigenvalue weighted by molar-refractivity contribution is -0.153. The number of phenols is 1. The number of likely N-dealkylation sites (N-methyl/N-ethyl adjacent to an activating group) is 1. The number of aliphatic hydroxyl groups excluding tert-OH is 2. The summed E-state index contributed by atoms with van der Waals surface area (Å²) in [6.45, 7) is 0. The molecule has 12 nitrogen and oxygen atoms in total. The first kappa shape index (κ1) is 32.0. The number of esters is 1. The smallest absolute Gasteiger partial charge is 0.311 e. The van der Waals surface area contributed by atoms with Gasteiger partial charge in [-0.3, -0.25) is 24.1 Å². The Labute approximate surface area is 263 Å². The second-order valence-corrected chi connectivity index (χ2v) is 12.5. The monoisotopic (exact) mass is 639 g/mol. The lowest BCUT2D eigenvalue weighted by atomic mass is 9.57. The average Bonchev–Trinajstić information content (AvgIpc) is 2.95. The van der Waals surface area contributed by atoms with Crippen LogP contribution in [-0.4, -0.2) is 88.6 Å². The van der Waals surface area contributed by atoms with Crippen LogP contribution in [-0.2, 0) is 32.0 Å². The molecule has 3 aliphatic rings. The van der Waals surface area contributed by atoms with E-state index in [-0.39, 0.29) is 42.6 Å². The molecule has 13 heteroatoms. The van der Waals surface area contributed by atoms with Crippen LogP contribution in [0, 0.1) is 11.8 Å². The van der Waals surface area contributed by atoms with Gasteiger partial charge in [0.1, 0.15) is 28.6 Å². The standard InChI is InChI=1S/C32H34ClN3O9/c1-35(2)20-13-14(5-10-21(37)45-17-8-6-16(33)7-9-17)26(38)23-18(20)11-15-12-19-25(36(3)4)28(40)24(31(34)43)30(42)32(19,44)29(41)22(15)27(23)39/h6-9,13,15,19,25,38-39,42,44H,5,10-12H2,1-4H3,(H2,34,43)/t15-,19-,25-,32-/m0/s1. The number of halogens is 1. The van der Waals surface area contributed by atoms with E-state index in [9.17, 15) is 39.6 Å². The van der Waals surface area contributed by atoms with Gasteiger partial charge in [0.2, 0.25) is 5.78 Å². The fourth-order valence-corrected chi connectivity index (χ4v) is 6.98. The second-order valence-electron chi connectivity index (χ2n) is 12.0. The van der Waals surface area contributed by atoms with Crippen molar-refractivity contribution in [3.63, 3.8) is 0 Å². The molecule has 0 unspecified atom stereocenters. The van der Waals surface area contributed by atoms with E-state index in [0.29, 0.717) is 27.6 Å². The summed E-state index contributed by atoms with van der Waals surface area (Å²) in [6.07, 6.45) is 0.0271. The maximum atomic E-state index is 14.1. The minimum atomic E-state index is -2.73. The van der Waals surface area contributed by atoms with E-state index in [2.05, 4.69) is 0 Å². The average molecular weight is 640 g/mol. The van der Waals surface area contributed by atoms with Crippen molar-refractivity contribution in [3.8, 4) is 11.5 Å². The van der Waals surface area contributed by atoms with Crippen molar-refractivity contribution in [2.24, 2.45) is 17.6 Å². The normalized spacial score (nSPS) is 24.3. The Morgan fingerprint density at radius 2 is 1.73 bits per heavy atom. The van der Waals surface area contributed by atoms with E-state index in [1.807, 2.05) is 0 Å². The number of carbonyl (C=O) groups excluding carboxylic acids is 4. The minimum Gasteiger partial charge on any atom is -0.508 e. The van der Waals surface area contributed by atoms with Gasteiger partial charge in [-0.15, -0.1) is 0 Å². The predicted molar refractivity (Wildman–Crippen MR) is 164 cm³/mol. The molecule has 1 fully saturated rings. The predicted octanol–water partition coefficient (Wildman–Crippen LogP) is 2.22. The SMILES string of the molecule is CN(C)c1cc(CCC(=O)Oc2ccc(Cl)cc2)c(O)c2c1C[C@H]1C[C@H]3[C@H](N(C)C)C(=O)C(C(N)=O)=C(O)[C@@]3(O)C(=O)C1=C2O. The summed E-state index contributed by atoms with van der Waals surface area (Å²) in [7, 11) is 6.62. The number of rotatable bonds is 7. The molecule has 0 saturated heterocycles. The maximum Gasteiger partial charge on any atom is 0.311 e. The van der Waals surface area contributed by atoms with Gasteiger partial charge in [-0.1, -0.05) is 11.6 Å². The molecule has 0 spiro atoms. The Balaban J connectivity index is 1.57. The Kier molecular flexibility index (Phi) is 8.19. The number of aromatic hydroxyl groups is 1. The van der Waals surface area contributed by atoms with Crippen LogP contribution >= 0.6 is 11.6 Å².